The lowest BCUT2D eigenvalue weighted by Gasteiger charge is -2.06. The lowest BCUT2D eigenvalue weighted by Crippen LogP contribution is -2.23. The summed E-state index contributed by atoms with van der Waals surface area (Å²) in [5.41, 5.74) is 3.23. The molecule has 0 aliphatic heterocycles. The number of halogens is 1. The Balaban J connectivity index is 1.52. The summed E-state index contributed by atoms with van der Waals surface area (Å²) in [7, 11) is 0. The van der Waals surface area contributed by atoms with Crippen LogP contribution in [0.5, 0.6) is 0 Å². The maximum atomic E-state index is 13.4. The molecule has 4 nitrogen and oxygen atoms in total. The minimum atomic E-state index is -0.251. The van der Waals surface area contributed by atoms with E-state index in [1.807, 2.05) is 30.3 Å². The van der Waals surface area contributed by atoms with Crippen molar-refractivity contribution >= 4 is 16.9 Å². The number of nitrogens with one attached hydrogen (secondary N) is 2. The average Bonchev–Trinajstić information content (AvgIpc) is 2.97. The molecule has 0 fully saturated rings. The van der Waals surface area contributed by atoms with Gasteiger partial charge >= 0.3 is 0 Å². The summed E-state index contributed by atoms with van der Waals surface area (Å²) in [6.45, 7) is 2.04. The zero-order chi connectivity index (χ0) is 16.2. The lowest BCUT2D eigenvalue weighted by molar-refractivity contribution is -0.121. The molecule has 0 bridgehead atoms. The smallest absolute Gasteiger partial charge is 0.220 e. The van der Waals surface area contributed by atoms with Crippen molar-refractivity contribution in [3.8, 4) is 0 Å². The second kappa shape index (κ2) is 6.60. The highest BCUT2D eigenvalue weighted by molar-refractivity contribution is 5.77. The highest BCUT2D eigenvalue weighted by atomic mass is 19.1. The van der Waals surface area contributed by atoms with Crippen LogP contribution in [0.2, 0.25) is 0 Å². The molecule has 0 spiro atoms. The van der Waals surface area contributed by atoms with Crippen molar-refractivity contribution < 1.29 is 9.18 Å². The van der Waals surface area contributed by atoms with Crippen LogP contribution in [-0.4, -0.2) is 15.9 Å². The minimum Gasteiger partial charge on any atom is -0.352 e. The van der Waals surface area contributed by atoms with Crippen LogP contribution in [0, 0.1) is 12.7 Å². The summed E-state index contributed by atoms with van der Waals surface area (Å²) < 4.78 is 13.4. The van der Waals surface area contributed by atoms with Gasteiger partial charge in [0.1, 0.15) is 11.6 Å². The second-order valence-electron chi connectivity index (χ2n) is 5.56. The van der Waals surface area contributed by atoms with Gasteiger partial charge in [0.25, 0.3) is 0 Å². The van der Waals surface area contributed by atoms with E-state index in [1.165, 1.54) is 6.07 Å². The number of amides is 1. The Morgan fingerprint density at radius 2 is 2.09 bits per heavy atom. The van der Waals surface area contributed by atoms with E-state index < -0.39 is 0 Å². The number of carbonyl (C=O) groups excluding carboxylic acids is 1. The standard InChI is InChI=1S/C18H18FN3O/c1-12-6-7-13(10-14(12)19)11-20-18(23)9-8-17-21-15-4-2-3-5-16(15)22-17/h2-7,10H,8-9,11H2,1H3,(H,20,23)(H,21,22). The molecule has 23 heavy (non-hydrogen) atoms. The van der Waals surface area contributed by atoms with Gasteiger partial charge in [-0.3, -0.25) is 4.79 Å². The number of rotatable bonds is 5. The molecule has 0 saturated heterocycles. The summed E-state index contributed by atoms with van der Waals surface area (Å²) in [6.07, 6.45) is 0.886. The minimum absolute atomic E-state index is 0.0774. The molecule has 1 aromatic heterocycles. The van der Waals surface area contributed by atoms with Crippen LogP contribution in [-0.2, 0) is 17.8 Å². The number of aromatic nitrogens is 2. The second-order valence-corrected chi connectivity index (χ2v) is 5.56. The van der Waals surface area contributed by atoms with Crippen molar-refractivity contribution in [2.24, 2.45) is 0 Å². The van der Waals surface area contributed by atoms with Crippen molar-refractivity contribution in [2.75, 3.05) is 0 Å². The number of hydrogen-bond donors (Lipinski definition) is 2. The highest BCUT2D eigenvalue weighted by Gasteiger charge is 2.07. The van der Waals surface area contributed by atoms with Gasteiger partial charge in [0.15, 0.2) is 0 Å². The van der Waals surface area contributed by atoms with Gasteiger partial charge in [-0.2, -0.15) is 0 Å². The maximum Gasteiger partial charge on any atom is 0.220 e. The molecule has 3 aromatic rings. The van der Waals surface area contributed by atoms with E-state index in [0.717, 1.165) is 22.4 Å². The molecule has 0 unspecified atom stereocenters. The number of para-hydroxylation sites is 2. The van der Waals surface area contributed by atoms with Crippen molar-refractivity contribution in [2.45, 2.75) is 26.3 Å². The van der Waals surface area contributed by atoms with Gasteiger partial charge in [0.05, 0.1) is 11.0 Å². The molecule has 118 valence electrons. The monoisotopic (exact) mass is 311 g/mol. The predicted octanol–water partition coefficient (Wildman–Crippen LogP) is 3.26. The number of H-pyrrole nitrogens is 1. The number of carbonyl (C=O) groups is 1. The zero-order valence-electron chi connectivity index (χ0n) is 12.9. The summed E-state index contributed by atoms with van der Waals surface area (Å²) in [5.74, 6) is 0.466. The molecule has 0 aliphatic rings. The van der Waals surface area contributed by atoms with Crippen LogP contribution in [0.1, 0.15) is 23.4 Å². The first-order valence-corrected chi connectivity index (χ1v) is 7.57. The number of aromatic amines is 1. The van der Waals surface area contributed by atoms with E-state index in [9.17, 15) is 9.18 Å². The van der Waals surface area contributed by atoms with Crippen LogP contribution in [0.15, 0.2) is 42.5 Å². The van der Waals surface area contributed by atoms with Gasteiger partial charge in [-0.15, -0.1) is 0 Å². The van der Waals surface area contributed by atoms with E-state index >= 15 is 0 Å². The summed E-state index contributed by atoms with van der Waals surface area (Å²) in [5, 5.41) is 2.80. The Labute approximate surface area is 133 Å². The van der Waals surface area contributed by atoms with Gasteiger partial charge in [0, 0.05) is 19.4 Å². The molecule has 5 heteroatoms. The molecular formula is C18H18FN3O. The predicted molar refractivity (Wildman–Crippen MR) is 87.4 cm³/mol. The fraction of sp³-hybridized carbons (Fsp3) is 0.222. The van der Waals surface area contributed by atoms with E-state index in [2.05, 4.69) is 15.3 Å². The topological polar surface area (TPSA) is 57.8 Å². The number of hydrogen-bond acceptors (Lipinski definition) is 2. The third-order valence-electron chi connectivity index (χ3n) is 3.75. The fourth-order valence-corrected chi connectivity index (χ4v) is 2.39. The Bertz CT molecular complexity index is 808. The number of benzene rings is 2. The third-order valence-corrected chi connectivity index (χ3v) is 3.75. The first-order valence-electron chi connectivity index (χ1n) is 7.57. The zero-order valence-corrected chi connectivity index (χ0v) is 12.9. The Morgan fingerprint density at radius 1 is 1.26 bits per heavy atom. The van der Waals surface area contributed by atoms with Crippen molar-refractivity contribution in [1.82, 2.24) is 15.3 Å². The molecule has 3 rings (SSSR count). The average molecular weight is 311 g/mol. The largest absolute Gasteiger partial charge is 0.352 e. The Morgan fingerprint density at radius 3 is 2.87 bits per heavy atom. The highest BCUT2D eigenvalue weighted by Crippen LogP contribution is 2.12. The molecule has 2 N–H and O–H groups in total. The van der Waals surface area contributed by atoms with Crippen molar-refractivity contribution in [3.63, 3.8) is 0 Å². The quantitative estimate of drug-likeness (QED) is 0.760. The van der Waals surface area contributed by atoms with Crippen LogP contribution in [0.25, 0.3) is 11.0 Å². The molecule has 0 atom stereocenters. The third kappa shape index (κ3) is 3.74. The van der Waals surface area contributed by atoms with Crippen LogP contribution in [0.4, 0.5) is 4.39 Å². The Kier molecular flexibility index (Phi) is 4.37. The molecule has 0 saturated carbocycles. The summed E-state index contributed by atoms with van der Waals surface area (Å²) in [4.78, 5) is 19.5. The first kappa shape index (κ1) is 15.2. The molecule has 0 radical (unpaired) electrons. The van der Waals surface area contributed by atoms with E-state index in [0.29, 0.717) is 24.9 Å². The number of imidazole rings is 1. The maximum absolute atomic E-state index is 13.4. The molecule has 1 heterocycles. The molecule has 2 aromatic carbocycles. The van der Waals surface area contributed by atoms with Crippen molar-refractivity contribution in [1.29, 1.82) is 0 Å². The lowest BCUT2D eigenvalue weighted by atomic mass is 10.1. The number of fused-ring (bicyclic) bond motifs is 1. The first-order chi connectivity index (χ1) is 11.1. The van der Waals surface area contributed by atoms with Gasteiger partial charge in [-0.1, -0.05) is 24.3 Å². The normalized spacial score (nSPS) is 10.9. The van der Waals surface area contributed by atoms with Crippen LogP contribution < -0.4 is 5.32 Å². The summed E-state index contributed by atoms with van der Waals surface area (Å²) >= 11 is 0. The van der Waals surface area contributed by atoms with Gasteiger partial charge < -0.3 is 10.3 Å². The Hall–Kier alpha value is -2.69. The molecular weight excluding hydrogens is 293 g/mol. The van der Waals surface area contributed by atoms with Gasteiger partial charge in [-0.05, 0) is 36.2 Å². The van der Waals surface area contributed by atoms with E-state index in [1.54, 1.807) is 13.0 Å². The van der Waals surface area contributed by atoms with E-state index in [4.69, 9.17) is 0 Å². The molecule has 1 amide bonds. The number of nitrogens with zero attached hydrogens (tertiary/aromatic N) is 1. The summed E-state index contributed by atoms with van der Waals surface area (Å²) in [6, 6.07) is 12.7. The fourth-order valence-electron chi connectivity index (χ4n) is 2.39. The van der Waals surface area contributed by atoms with E-state index in [-0.39, 0.29) is 11.7 Å². The van der Waals surface area contributed by atoms with Gasteiger partial charge in [-0.25, -0.2) is 9.37 Å². The van der Waals surface area contributed by atoms with Gasteiger partial charge in [0.2, 0.25) is 5.91 Å². The SMILES string of the molecule is Cc1ccc(CNC(=O)CCc2nc3ccccc3[nH]2)cc1F. The van der Waals surface area contributed by atoms with Crippen LogP contribution >= 0.6 is 0 Å². The van der Waals surface area contributed by atoms with Crippen molar-refractivity contribution in [3.05, 3.63) is 65.2 Å². The van der Waals surface area contributed by atoms with Crippen LogP contribution in [0.3, 0.4) is 0 Å². The number of aryl methyl sites for hydroxylation is 2. The molecule has 0 aliphatic carbocycles.